The average molecular weight is 189 g/mol. The van der Waals surface area contributed by atoms with Crippen molar-refractivity contribution in [1.29, 1.82) is 0 Å². The van der Waals surface area contributed by atoms with Gasteiger partial charge in [-0.2, -0.15) is 0 Å². The van der Waals surface area contributed by atoms with E-state index in [4.69, 9.17) is 4.84 Å². The molecule has 0 amide bonds. The molecule has 0 saturated heterocycles. The van der Waals surface area contributed by atoms with Crippen LogP contribution in [0.25, 0.3) is 0 Å². The van der Waals surface area contributed by atoms with Crippen LogP contribution in [0, 0.1) is 5.92 Å². The van der Waals surface area contributed by atoms with Crippen molar-refractivity contribution in [2.75, 3.05) is 13.7 Å². The van der Waals surface area contributed by atoms with Gasteiger partial charge < -0.3 is 4.84 Å². The molecule has 0 rings (SSSR count). The molecule has 0 aliphatic heterocycles. The Hall–Kier alpha value is -0.0800. The molecule has 0 aliphatic carbocycles. The highest BCUT2D eigenvalue weighted by molar-refractivity contribution is 4.45. The number of hydroxylamine groups is 1. The van der Waals surface area contributed by atoms with Crippen LogP contribution >= 0.6 is 0 Å². The number of rotatable bonds is 6. The summed E-state index contributed by atoms with van der Waals surface area (Å²) < 4.78 is 0. The summed E-state index contributed by atoms with van der Waals surface area (Å²) in [6.07, 6.45) is 5.15. The van der Waals surface area contributed by atoms with Gasteiger partial charge in [-0.1, -0.05) is 47.0 Å². The maximum atomic E-state index is 4.73. The smallest absolute Gasteiger partial charge is 0.0679 e. The zero-order valence-corrected chi connectivity index (χ0v) is 10.0. The van der Waals surface area contributed by atoms with Gasteiger partial charge >= 0.3 is 0 Å². The van der Waals surface area contributed by atoms with E-state index in [-0.39, 0.29) is 0 Å². The van der Waals surface area contributed by atoms with Gasteiger partial charge in [-0.15, -0.1) is 0 Å². The molecule has 0 aromatic rings. The molecule has 1 atom stereocenters. The van der Waals surface area contributed by atoms with E-state index in [1.807, 2.05) is 0 Å². The van der Waals surface area contributed by atoms with Crippen molar-refractivity contribution < 1.29 is 4.84 Å². The summed E-state index contributed by atoms with van der Waals surface area (Å²) in [6, 6.07) is 0. The van der Waals surface area contributed by atoms with E-state index in [1.54, 1.807) is 7.05 Å². The van der Waals surface area contributed by atoms with E-state index >= 15 is 0 Å². The monoisotopic (exact) mass is 189 g/mol. The van der Waals surface area contributed by atoms with E-state index < -0.39 is 0 Å². The minimum Gasteiger partial charge on any atom is -0.302 e. The molecule has 1 N–H and O–H groups in total. The second-order valence-corrected chi connectivity index (χ2v) is 3.35. The molecule has 0 fully saturated rings. The first-order valence-corrected chi connectivity index (χ1v) is 5.51. The van der Waals surface area contributed by atoms with E-state index in [0.29, 0.717) is 0 Å². The highest BCUT2D eigenvalue weighted by atomic mass is 16.6. The molecule has 2 heteroatoms. The van der Waals surface area contributed by atoms with Gasteiger partial charge in [0.25, 0.3) is 0 Å². The second-order valence-electron chi connectivity index (χ2n) is 3.35. The Morgan fingerprint density at radius 3 is 1.92 bits per heavy atom. The molecule has 13 heavy (non-hydrogen) atoms. The summed E-state index contributed by atoms with van der Waals surface area (Å²) in [4.78, 5) is 4.73. The molecule has 0 bridgehead atoms. The molecule has 0 aromatic carbocycles. The fourth-order valence-electron chi connectivity index (χ4n) is 0.901. The Labute approximate surface area is 84.0 Å². The van der Waals surface area contributed by atoms with Crippen LogP contribution in [0.5, 0.6) is 0 Å². The molecule has 0 spiro atoms. The van der Waals surface area contributed by atoms with Crippen molar-refractivity contribution >= 4 is 0 Å². The van der Waals surface area contributed by atoms with E-state index in [2.05, 4.69) is 33.2 Å². The minimum atomic E-state index is 0.802. The van der Waals surface area contributed by atoms with Crippen LogP contribution in [0.3, 0.4) is 0 Å². The first-order valence-electron chi connectivity index (χ1n) is 5.51. The number of hydrogen-bond acceptors (Lipinski definition) is 2. The SMILES string of the molecule is CCCC(C)CC.CCCONC. The van der Waals surface area contributed by atoms with Crippen LogP contribution in [-0.2, 0) is 4.84 Å². The van der Waals surface area contributed by atoms with Crippen molar-refractivity contribution in [1.82, 2.24) is 5.48 Å². The van der Waals surface area contributed by atoms with Gasteiger partial charge in [-0.3, -0.25) is 0 Å². The molecular weight excluding hydrogens is 162 g/mol. The summed E-state index contributed by atoms with van der Waals surface area (Å²) in [5, 5.41) is 0. The van der Waals surface area contributed by atoms with Crippen LogP contribution in [0.4, 0.5) is 0 Å². The lowest BCUT2D eigenvalue weighted by molar-refractivity contribution is 0.0585. The fraction of sp³-hybridized carbons (Fsp3) is 1.00. The molecule has 82 valence electrons. The van der Waals surface area contributed by atoms with Gasteiger partial charge in [0, 0.05) is 7.05 Å². The summed E-state index contributed by atoms with van der Waals surface area (Å²) in [7, 11) is 1.76. The van der Waals surface area contributed by atoms with Gasteiger partial charge in [0.2, 0.25) is 0 Å². The Kier molecular flexibility index (Phi) is 17.1. The van der Waals surface area contributed by atoms with Gasteiger partial charge in [0.05, 0.1) is 6.61 Å². The lowest BCUT2D eigenvalue weighted by Gasteiger charge is -2.02. The van der Waals surface area contributed by atoms with Crippen LogP contribution < -0.4 is 5.48 Å². The van der Waals surface area contributed by atoms with E-state index in [9.17, 15) is 0 Å². The van der Waals surface area contributed by atoms with E-state index in [1.165, 1.54) is 19.3 Å². The largest absolute Gasteiger partial charge is 0.302 e. The predicted molar refractivity (Wildman–Crippen MR) is 59.7 cm³/mol. The third kappa shape index (κ3) is 18.7. The standard InChI is InChI=1S/C7H16.C4H11NO/c1-4-6-7(3)5-2;1-3-4-6-5-2/h7H,4-6H2,1-3H3;5H,3-4H2,1-2H3. The van der Waals surface area contributed by atoms with Crippen molar-refractivity contribution in [3.63, 3.8) is 0 Å². The molecule has 0 aromatic heterocycles. The van der Waals surface area contributed by atoms with Crippen LogP contribution in [0.2, 0.25) is 0 Å². The zero-order valence-electron chi connectivity index (χ0n) is 10.0. The highest BCUT2D eigenvalue weighted by Crippen LogP contribution is 2.07. The summed E-state index contributed by atoms with van der Waals surface area (Å²) >= 11 is 0. The Balaban J connectivity index is 0. The highest BCUT2D eigenvalue weighted by Gasteiger charge is 1.92. The van der Waals surface area contributed by atoms with Crippen molar-refractivity contribution in [2.24, 2.45) is 5.92 Å². The lowest BCUT2D eigenvalue weighted by Crippen LogP contribution is -2.06. The second kappa shape index (κ2) is 14.4. The number of nitrogens with one attached hydrogen (secondary N) is 1. The average Bonchev–Trinajstić information content (AvgIpc) is 2.16. The summed E-state index contributed by atoms with van der Waals surface area (Å²) in [6.45, 7) is 9.67. The third-order valence-corrected chi connectivity index (χ3v) is 1.93. The maximum absolute atomic E-state index is 4.73. The summed E-state index contributed by atoms with van der Waals surface area (Å²) in [5.74, 6) is 0.949. The third-order valence-electron chi connectivity index (χ3n) is 1.93. The Morgan fingerprint density at radius 2 is 1.77 bits per heavy atom. The molecular formula is C11H27NO. The molecule has 0 saturated carbocycles. The quantitative estimate of drug-likeness (QED) is 0.511. The minimum absolute atomic E-state index is 0.802. The van der Waals surface area contributed by atoms with Gasteiger partial charge in [0.1, 0.15) is 0 Å². The van der Waals surface area contributed by atoms with E-state index in [0.717, 1.165) is 18.9 Å². The molecule has 1 unspecified atom stereocenters. The zero-order chi connectivity index (χ0) is 10.5. The topological polar surface area (TPSA) is 21.3 Å². The van der Waals surface area contributed by atoms with Crippen LogP contribution in [0.15, 0.2) is 0 Å². The first-order chi connectivity index (χ1) is 6.22. The van der Waals surface area contributed by atoms with Crippen LogP contribution in [-0.4, -0.2) is 13.7 Å². The van der Waals surface area contributed by atoms with Crippen molar-refractivity contribution in [3.05, 3.63) is 0 Å². The molecule has 0 aliphatic rings. The number of hydrogen-bond donors (Lipinski definition) is 1. The molecule has 0 radical (unpaired) electrons. The Morgan fingerprint density at radius 1 is 1.15 bits per heavy atom. The summed E-state index contributed by atoms with van der Waals surface area (Å²) in [5.41, 5.74) is 2.57. The fourth-order valence-corrected chi connectivity index (χ4v) is 0.901. The van der Waals surface area contributed by atoms with Crippen LogP contribution in [0.1, 0.15) is 53.4 Å². The van der Waals surface area contributed by atoms with Gasteiger partial charge in [0.15, 0.2) is 0 Å². The maximum Gasteiger partial charge on any atom is 0.0679 e. The van der Waals surface area contributed by atoms with Gasteiger partial charge in [-0.05, 0) is 12.3 Å². The van der Waals surface area contributed by atoms with Crippen molar-refractivity contribution in [3.8, 4) is 0 Å². The normalized spacial score (nSPS) is 11.8. The molecule has 0 heterocycles. The van der Waals surface area contributed by atoms with Crippen molar-refractivity contribution in [2.45, 2.75) is 53.4 Å². The first kappa shape index (κ1) is 15.4. The Bertz CT molecular complexity index is 72.5. The molecule has 2 nitrogen and oxygen atoms in total. The predicted octanol–water partition coefficient (Wildman–Crippen LogP) is 3.38. The lowest BCUT2D eigenvalue weighted by atomic mass is 10.0. The van der Waals surface area contributed by atoms with Gasteiger partial charge in [-0.25, -0.2) is 5.48 Å².